The molecule has 2 unspecified atom stereocenters. The van der Waals surface area contributed by atoms with Gasteiger partial charge in [-0.05, 0) is 37.6 Å². The quantitative estimate of drug-likeness (QED) is 0.812. The number of halogens is 1. The highest BCUT2D eigenvalue weighted by Crippen LogP contribution is 2.18. The number of hydrogen-bond acceptors (Lipinski definition) is 3. The van der Waals surface area contributed by atoms with E-state index >= 15 is 0 Å². The van der Waals surface area contributed by atoms with Gasteiger partial charge in [0.15, 0.2) is 0 Å². The third kappa shape index (κ3) is 4.35. The van der Waals surface area contributed by atoms with Gasteiger partial charge in [0.1, 0.15) is 5.82 Å². The molecule has 0 aromatic carbocycles. The Kier molecular flexibility index (Phi) is 6.22. The maximum atomic E-state index is 12.8. The number of nitrogens with two attached hydrogens (primary N) is 1. The Hall–Kier alpha value is -1.00. The zero-order valence-electron chi connectivity index (χ0n) is 11.6. The summed E-state index contributed by atoms with van der Waals surface area (Å²) < 4.78 is 12.8. The Bertz CT molecular complexity index is 339. The lowest BCUT2D eigenvalue weighted by molar-refractivity contribution is 0.231. The van der Waals surface area contributed by atoms with Gasteiger partial charge in [-0.15, -0.1) is 0 Å². The fourth-order valence-corrected chi connectivity index (χ4v) is 2.09. The van der Waals surface area contributed by atoms with E-state index in [1.807, 2.05) is 0 Å². The molecule has 102 valence electrons. The van der Waals surface area contributed by atoms with Gasteiger partial charge < -0.3 is 10.6 Å². The summed E-state index contributed by atoms with van der Waals surface area (Å²) in [6.45, 7) is 9.52. The summed E-state index contributed by atoms with van der Waals surface area (Å²) in [5.41, 5.74) is 6.94. The van der Waals surface area contributed by atoms with Crippen LogP contribution in [0.3, 0.4) is 0 Å². The van der Waals surface area contributed by atoms with E-state index in [9.17, 15) is 4.39 Å². The Morgan fingerprint density at radius 3 is 2.61 bits per heavy atom. The number of aromatic nitrogens is 1. The number of pyridine rings is 1. The van der Waals surface area contributed by atoms with Crippen LogP contribution in [0.4, 0.5) is 4.39 Å². The highest BCUT2D eigenvalue weighted by molar-refractivity contribution is 5.10. The molecule has 0 aliphatic heterocycles. The van der Waals surface area contributed by atoms with Crippen LogP contribution < -0.4 is 5.73 Å². The summed E-state index contributed by atoms with van der Waals surface area (Å²) in [5, 5.41) is 0. The standard InChI is InChI=1S/C14H24FN3/c1-4-8-18(5-2)10-11(3)14(16)13-7-6-12(15)9-17-13/h6-7,9,11,14H,4-5,8,10,16H2,1-3H3. The molecule has 0 radical (unpaired) electrons. The average molecular weight is 253 g/mol. The van der Waals surface area contributed by atoms with Gasteiger partial charge in [0.05, 0.1) is 17.9 Å². The molecule has 1 aromatic rings. The maximum Gasteiger partial charge on any atom is 0.141 e. The third-order valence-electron chi connectivity index (χ3n) is 3.24. The Morgan fingerprint density at radius 2 is 2.11 bits per heavy atom. The molecule has 2 N–H and O–H groups in total. The summed E-state index contributed by atoms with van der Waals surface area (Å²) in [6, 6.07) is 2.95. The van der Waals surface area contributed by atoms with Crippen molar-refractivity contribution in [2.45, 2.75) is 33.2 Å². The van der Waals surface area contributed by atoms with Crippen LogP contribution in [0.1, 0.15) is 38.9 Å². The fourth-order valence-electron chi connectivity index (χ4n) is 2.09. The molecule has 0 saturated carbocycles. The Labute approximate surface area is 109 Å². The molecule has 0 amide bonds. The van der Waals surface area contributed by atoms with Crippen LogP contribution in [0, 0.1) is 11.7 Å². The average Bonchev–Trinajstić information content (AvgIpc) is 2.38. The molecule has 0 saturated heterocycles. The van der Waals surface area contributed by atoms with E-state index in [1.54, 1.807) is 6.07 Å². The molecule has 0 aliphatic rings. The number of rotatable bonds is 7. The van der Waals surface area contributed by atoms with Crippen molar-refractivity contribution in [3.8, 4) is 0 Å². The molecule has 18 heavy (non-hydrogen) atoms. The van der Waals surface area contributed by atoms with Crippen LogP contribution in [0.25, 0.3) is 0 Å². The fraction of sp³-hybridized carbons (Fsp3) is 0.643. The minimum Gasteiger partial charge on any atom is -0.322 e. The van der Waals surface area contributed by atoms with Crippen LogP contribution in [0.2, 0.25) is 0 Å². The second kappa shape index (κ2) is 7.44. The molecule has 0 bridgehead atoms. The van der Waals surface area contributed by atoms with Crippen molar-refractivity contribution in [1.29, 1.82) is 0 Å². The smallest absolute Gasteiger partial charge is 0.141 e. The van der Waals surface area contributed by atoms with E-state index in [0.29, 0.717) is 5.92 Å². The van der Waals surface area contributed by atoms with Crippen molar-refractivity contribution >= 4 is 0 Å². The van der Waals surface area contributed by atoms with Crippen molar-refractivity contribution in [3.63, 3.8) is 0 Å². The van der Waals surface area contributed by atoms with Crippen LogP contribution in [-0.4, -0.2) is 29.5 Å². The Morgan fingerprint density at radius 1 is 1.39 bits per heavy atom. The minimum atomic E-state index is -0.320. The van der Waals surface area contributed by atoms with Gasteiger partial charge in [0.25, 0.3) is 0 Å². The summed E-state index contributed by atoms with van der Waals surface area (Å²) in [6.07, 6.45) is 2.37. The summed E-state index contributed by atoms with van der Waals surface area (Å²) in [7, 11) is 0. The van der Waals surface area contributed by atoms with Crippen LogP contribution in [-0.2, 0) is 0 Å². The maximum absolute atomic E-state index is 12.8. The van der Waals surface area contributed by atoms with Crippen molar-refractivity contribution in [2.24, 2.45) is 11.7 Å². The lowest BCUT2D eigenvalue weighted by Crippen LogP contribution is -2.34. The van der Waals surface area contributed by atoms with Gasteiger partial charge in [0.2, 0.25) is 0 Å². The monoisotopic (exact) mass is 253 g/mol. The van der Waals surface area contributed by atoms with E-state index < -0.39 is 0 Å². The van der Waals surface area contributed by atoms with Gasteiger partial charge in [-0.1, -0.05) is 20.8 Å². The second-order valence-corrected chi connectivity index (χ2v) is 4.80. The van der Waals surface area contributed by atoms with Crippen LogP contribution in [0.15, 0.2) is 18.3 Å². The second-order valence-electron chi connectivity index (χ2n) is 4.80. The molecular weight excluding hydrogens is 229 g/mol. The van der Waals surface area contributed by atoms with Gasteiger partial charge in [0, 0.05) is 6.54 Å². The van der Waals surface area contributed by atoms with Crippen molar-refractivity contribution in [2.75, 3.05) is 19.6 Å². The van der Waals surface area contributed by atoms with Crippen molar-refractivity contribution < 1.29 is 4.39 Å². The van der Waals surface area contributed by atoms with E-state index in [2.05, 4.69) is 30.7 Å². The first-order valence-corrected chi connectivity index (χ1v) is 6.67. The molecule has 0 aliphatic carbocycles. The van der Waals surface area contributed by atoms with E-state index in [1.165, 1.54) is 12.3 Å². The summed E-state index contributed by atoms with van der Waals surface area (Å²) in [4.78, 5) is 6.44. The summed E-state index contributed by atoms with van der Waals surface area (Å²) in [5.74, 6) is -0.0192. The SMILES string of the molecule is CCCN(CC)CC(C)C(N)c1ccc(F)cn1. The van der Waals surface area contributed by atoms with E-state index in [4.69, 9.17) is 5.73 Å². The zero-order chi connectivity index (χ0) is 13.5. The van der Waals surface area contributed by atoms with Crippen LogP contribution >= 0.6 is 0 Å². The zero-order valence-corrected chi connectivity index (χ0v) is 11.6. The molecule has 1 rings (SSSR count). The normalized spacial score (nSPS) is 14.8. The molecule has 1 aromatic heterocycles. The van der Waals surface area contributed by atoms with Gasteiger partial charge in [-0.25, -0.2) is 4.39 Å². The lowest BCUT2D eigenvalue weighted by atomic mass is 9.98. The van der Waals surface area contributed by atoms with Crippen molar-refractivity contribution in [1.82, 2.24) is 9.88 Å². The third-order valence-corrected chi connectivity index (χ3v) is 3.24. The molecule has 4 heteroatoms. The topological polar surface area (TPSA) is 42.1 Å². The molecule has 0 spiro atoms. The Balaban J connectivity index is 2.59. The molecule has 1 heterocycles. The largest absolute Gasteiger partial charge is 0.322 e. The van der Waals surface area contributed by atoms with Crippen molar-refractivity contribution in [3.05, 3.63) is 29.8 Å². The lowest BCUT2D eigenvalue weighted by Gasteiger charge is -2.27. The highest BCUT2D eigenvalue weighted by atomic mass is 19.1. The predicted octanol–water partition coefficient (Wildman–Crippen LogP) is 2.59. The van der Waals surface area contributed by atoms with Gasteiger partial charge in [-0.2, -0.15) is 0 Å². The highest BCUT2D eigenvalue weighted by Gasteiger charge is 2.18. The van der Waals surface area contributed by atoms with E-state index in [-0.39, 0.29) is 11.9 Å². The van der Waals surface area contributed by atoms with Gasteiger partial charge in [-0.3, -0.25) is 4.98 Å². The van der Waals surface area contributed by atoms with Gasteiger partial charge >= 0.3 is 0 Å². The molecular formula is C14H24FN3. The number of hydrogen-bond donors (Lipinski definition) is 1. The molecule has 0 fully saturated rings. The minimum absolute atomic E-state index is 0.142. The predicted molar refractivity (Wildman–Crippen MR) is 72.7 cm³/mol. The molecule has 2 atom stereocenters. The first-order valence-electron chi connectivity index (χ1n) is 6.67. The molecule has 3 nitrogen and oxygen atoms in total. The first kappa shape index (κ1) is 15.1. The van der Waals surface area contributed by atoms with E-state index in [0.717, 1.165) is 31.7 Å². The first-order chi connectivity index (χ1) is 8.58. The van der Waals surface area contributed by atoms with Crippen LogP contribution in [0.5, 0.6) is 0 Å². The number of nitrogens with zero attached hydrogens (tertiary/aromatic N) is 2. The summed E-state index contributed by atoms with van der Waals surface area (Å²) >= 11 is 0.